The van der Waals surface area contributed by atoms with Crippen molar-refractivity contribution >= 4 is 6.09 Å². The van der Waals surface area contributed by atoms with Crippen LogP contribution in [0.1, 0.15) is 43.9 Å². The van der Waals surface area contributed by atoms with Crippen LogP contribution in [0, 0.1) is 18.3 Å². The summed E-state index contributed by atoms with van der Waals surface area (Å²) in [5.41, 5.74) is 4.34. The summed E-state index contributed by atoms with van der Waals surface area (Å²) in [4.78, 5) is 15.3. The van der Waals surface area contributed by atoms with E-state index >= 15 is 0 Å². The van der Waals surface area contributed by atoms with Gasteiger partial charge in [-0.1, -0.05) is 50.2 Å². The second-order valence-electron chi connectivity index (χ2n) is 10.0. The molecule has 2 aromatic carbocycles. The van der Waals surface area contributed by atoms with Gasteiger partial charge < -0.3 is 14.8 Å². The van der Waals surface area contributed by atoms with Gasteiger partial charge in [-0.3, -0.25) is 4.90 Å². The molecule has 4 heterocycles. The lowest BCUT2D eigenvalue weighted by Gasteiger charge is -2.44. The Labute approximate surface area is 184 Å². The smallest absolute Gasteiger partial charge is 0.407 e. The molecule has 3 fully saturated rings. The van der Waals surface area contributed by atoms with E-state index in [2.05, 4.69) is 73.5 Å². The lowest BCUT2D eigenvalue weighted by atomic mass is 9.78. The average molecular weight is 421 g/mol. The molecule has 0 aromatic heterocycles. The molecule has 3 saturated heterocycles. The van der Waals surface area contributed by atoms with E-state index in [4.69, 9.17) is 9.47 Å². The third kappa shape index (κ3) is 3.91. The van der Waals surface area contributed by atoms with Crippen molar-refractivity contribution in [3.05, 3.63) is 53.6 Å². The van der Waals surface area contributed by atoms with Gasteiger partial charge in [0.2, 0.25) is 0 Å². The monoisotopic (exact) mass is 420 g/mol. The summed E-state index contributed by atoms with van der Waals surface area (Å²) in [6, 6.07) is 14.5. The Morgan fingerprint density at radius 1 is 1.16 bits per heavy atom. The third-order valence-electron chi connectivity index (χ3n) is 7.28. The van der Waals surface area contributed by atoms with Crippen molar-refractivity contribution < 1.29 is 14.3 Å². The summed E-state index contributed by atoms with van der Waals surface area (Å²) >= 11 is 0. The minimum atomic E-state index is -0.312. The SMILES string of the molecule is Cc1ccccc1-c1ccc2c(c1)OCC(C)(C)C2NC(=O)O[C@H]1CN2CCC1CC2. The first kappa shape index (κ1) is 20.4. The van der Waals surface area contributed by atoms with E-state index in [1.807, 2.05) is 0 Å². The van der Waals surface area contributed by atoms with Crippen molar-refractivity contribution in [2.24, 2.45) is 11.3 Å². The van der Waals surface area contributed by atoms with Crippen LogP contribution in [0.15, 0.2) is 42.5 Å². The van der Waals surface area contributed by atoms with Crippen molar-refractivity contribution in [1.29, 1.82) is 0 Å². The minimum absolute atomic E-state index is 0.00774. The molecule has 0 saturated carbocycles. The Bertz CT molecular complexity index is 978. The Morgan fingerprint density at radius 2 is 1.94 bits per heavy atom. The normalized spacial score (nSPS) is 28.4. The van der Waals surface area contributed by atoms with E-state index in [0.717, 1.165) is 49.4 Å². The van der Waals surface area contributed by atoms with Crippen LogP contribution in [0.2, 0.25) is 0 Å². The largest absolute Gasteiger partial charge is 0.493 e. The zero-order valence-electron chi connectivity index (χ0n) is 18.7. The molecular weight excluding hydrogens is 388 g/mol. The standard InChI is InChI=1S/C26H32N2O3/c1-17-6-4-5-7-20(17)19-8-9-21-22(14-19)30-16-26(2,3)24(21)27-25(29)31-23-15-28-12-10-18(23)11-13-28/h4-9,14,18,23-24H,10-13,15-16H2,1-3H3,(H,27,29)/t23-,24?/m0/s1. The van der Waals surface area contributed by atoms with E-state index in [-0.39, 0.29) is 23.7 Å². The number of aryl methyl sites for hydroxylation is 1. The molecule has 1 N–H and O–H groups in total. The Kier molecular flexibility index (Phi) is 5.17. The van der Waals surface area contributed by atoms with Crippen LogP contribution in [-0.2, 0) is 4.74 Å². The highest BCUT2D eigenvalue weighted by Gasteiger charge is 2.41. The molecule has 4 aliphatic rings. The summed E-state index contributed by atoms with van der Waals surface area (Å²) in [7, 11) is 0. The molecule has 2 aromatic rings. The molecule has 1 amide bonds. The fourth-order valence-corrected chi connectivity index (χ4v) is 5.34. The fraction of sp³-hybridized carbons (Fsp3) is 0.500. The number of benzene rings is 2. The fourth-order valence-electron chi connectivity index (χ4n) is 5.34. The molecule has 31 heavy (non-hydrogen) atoms. The molecule has 164 valence electrons. The number of alkyl carbamates (subject to hydrolysis) is 1. The number of carbonyl (C=O) groups is 1. The van der Waals surface area contributed by atoms with Gasteiger partial charge in [-0.15, -0.1) is 0 Å². The first-order valence-electron chi connectivity index (χ1n) is 11.4. The number of nitrogens with one attached hydrogen (secondary N) is 1. The first-order valence-corrected chi connectivity index (χ1v) is 11.4. The van der Waals surface area contributed by atoms with Gasteiger partial charge in [0, 0.05) is 17.5 Å². The highest BCUT2D eigenvalue weighted by molar-refractivity contribution is 5.71. The number of hydrogen-bond acceptors (Lipinski definition) is 4. The summed E-state index contributed by atoms with van der Waals surface area (Å²) in [6.45, 7) is 10.1. The number of fused-ring (bicyclic) bond motifs is 4. The number of piperidine rings is 3. The predicted molar refractivity (Wildman–Crippen MR) is 121 cm³/mol. The average Bonchev–Trinajstić information content (AvgIpc) is 2.77. The highest BCUT2D eigenvalue weighted by atomic mass is 16.6. The van der Waals surface area contributed by atoms with Crippen molar-refractivity contribution in [3.63, 3.8) is 0 Å². The predicted octanol–water partition coefficient (Wildman–Crippen LogP) is 4.94. The molecule has 5 nitrogen and oxygen atoms in total. The third-order valence-corrected chi connectivity index (χ3v) is 7.28. The Hall–Kier alpha value is -2.53. The maximum absolute atomic E-state index is 12.9. The van der Waals surface area contributed by atoms with Gasteiger partial charge in [0.25, 0.3) is 0 Å². The van der Waals surface area contributed by atoms with E-state index in [0.29, 0.717) is 12.5 Å². The number of nitrogens with zero attached hydrogens (tertiary/aromatic N) is 1. The zero-order chi connectivity index (χ0) is 21.6. The van der Waals surface area contributed by atoms with Crippen LogP contribution in [0.4, 0.5) is 4.79 Å². The van der Waals surface area contributed by atoms with Crippen LogP contribution in [-0.4, -0.2) is 43.3 Å². The molecular formula is C26H32N2O3. The molecule has 4 aliphatic heterocycles. The molecule has 5 heteroatoms. The molecule has 0 aliphatic carbocycles. The summed E-state index contributed by atoms with van der Waals surface area (Å²) < 4.78 is 12.1. The quantitative estimate of drug-likeness (QED) is 0.764. The second-order valence-corrected chi connectivity index (χ2v) is 10.0. The molecule has 0 spiro atoms. The van der Waals surface area contributed by atoms with Gasteiger partial charge in [0.1, 0.15) is 11.9 Å². The maximum Gasteiger partial charge on any atom is 0.407 e. The molecule has 2 bridgehead atoms. The van der Waals surface area contributed by atoms with Crippen LogP contribution in [0.25, 0.3) is 11.1 Å². The van der Waals surface area contributed by atoms with E-state index < -0.39 is 0 Å². The number of rotatable bonds is 3. The van der Waals surface area contributed by atoms with Gasteiger partial charge in [-0.25, -0.2) is 4.79 Å². The number of carbonyl (C=O) groups excluding carboxylic acids is 1. The van der Waals surface area contributed by atoms with E-state index in [1.54, 1.807) is 0 Å². The van der Waals surface area contributed by atoms with Crippen LogP contribution < -0.4 is 10.1 Å². The van der Waals surface area contributed by atoms with E-state index in [1.165, 1.54) is 11.1 Å². The highest BCUT2D eigenvalue weighted by Crippen LogP contribution is 2.44. The minimum Gasteiger partial charge on any atom is -0.493 e. The lowest BCUT2D eigenvalue weighted by molar-refractivity contribution is -0.0361. The topological polar surface area (TPSA) is 50.8 Å². The van der Waals surface area contributed by atoms with Crippen molar-refractivity contribution in [2.45, 2.75) is 45.8 Å². The number of ether oxygens (including phenoxy) is 2. The second kappa shape index (κ2) is 7.86. The maximum atomic E-state index is 12.9. The number of hydrogen-bond donors (Lipinski definition) is 1. The first-order chi connectivity index (χ1) is 14.9. The molecule has 2 atom stereocenters. The summed E-state index contributed by atoms with van der Waals surface area (Å²) in [5.74, 6) is 1.34. The lowest BCUT2D eigenvalue weighted by Crippen LogP contribution is -2.53. The van der Waals surface area contributed by atoms with Crippen molar-refractivity contribution in [1.82, 2.24) is 10.2 Å². The van der Waals surface area contributed by atoms with Crippen LogP contribution in [0.5, 0.6) is 5.75 Å². The van der Waals surface area contributed by atoms with Crippen molar-refractivity contribution in [2.75, 3.05) is 26.2 Å². The van der Waals surface area contributed by atoms with Crippen LogP contribution >= 0.6 is 0 Å². The molecule has 1 unspecified atom stereocenters. The van der Waals surface area contributed by atoms with Crippen molar-refractivity contribution in [3.8, 4) is 16.9 Å². The van der Waals surface area contributed by atoms with Gasteiger partial charge in [-0.05, 0) is 61.5 Å². The van der Waals surface area contributed by atoms with Gasteiger partial charge in [-0.2, -0.15) is 0 Å². The van der Waals surface area contributed by atoms with E-state index in [9.17, 15) is 4.79 Å². The van der Waals surface area contributed by atoms with Gasteiger partial charge in [0.05, 0.1) is 12.6 Å². The Morgan fingerprint density at radius 3 is 2.65 bits per heavy atom. The number of amides is 1. The van der Waals surface area contributed by atoms with Gasteiger partial charge in [0.15, 0.2) is 0 Å². The summed E-state index contributed by atoms with van der Waals surface area (Å²) in [6.07, 6.45) is 1.96. The van der Waals surface area contributed by atoms with Gasteiger partial charge >= 0.3 is 6.09 Å². The summed E-state index contributed by atoms with van der Waals surface area (Å²) in [5, 5.41) is 3.18. The zero-order valence-corrected chi connectivity index (χ0v) is 18.7. The Balaban J connectivity index is 1.36. The van der Waals surface area contributed by atoms with Crippen LogP contribution in [0.3, 0.4) is 0 Å². The molecule has 0 radical (unpaired) electrons. The molecule has 6 rings (SSSR count).